The molecule has 11 heteroatoms. The predicted octanol–water partition coefficient (Wildman–Crippen LogP) is 0.223. The summed E-state index contributed by atoms with van der Waals surface area (Å²) in [7, 11) is 0. The van der Waals surface area contributed by atoms with Crippen LogP contribution in [-0.4, -0.2) is 74.4 Å². The van der Waals surface area contributed by atoms with Crippen molar-refractivity contribution < 1.29 is 24.3 Å². The van der Waals surface area contributed by atoms with Gasteiger partial charge in [0, 0.05) is 24.9 Å². The largest absolute Gasteiger partial charge is 0.480 e. The quantitative estimate of drug-likeness (QED) is 0.295. The molecule has 2 heterocycles. The van der Waals surface area contributed by atoms with Crippen molar-refractivity contribution in [2.45, 2.75) is 63.7 Å². The first-order valence-corrected chi connectivity index (χ1v) is 12.1. The molecule has 1 aliphatic rings. The first-order chi connectivity index (χ1) is 17.2. The van der Waals surface area contributed by atoms with Crippen LogP contribution in [0.5, 0.6) is 0 Å². The lowest BCUT2D eigenvalue weighted by Crippen LogP contribution is -2.58. The van der Waals surface area contributed by atoms with Gasteiger partial charge in [-0.05, 0) is 30.7 Å². The lowest BCUT2D eigenvalue weighted by molar-refractivity contribution is -0.143. The fraction of sp³-hybridized carbons (Fsp3) is 0.480. The number of nitrogens with zero attached hydrogens (tertiary/aromatic N) is 2. The minimum absolute atomic E-state index is 0.0179. The zero-order chi connectivity index (χ0) is 26.2. The monoisotopic (exact) mass is 498 g/mol. The second-order valence-corrected chi connectivity index (χ2v) is 9.40. The highest BCUT2D eigenvalue weighted by atomic mass is 16.4. The molecule has 2 aromatic rings. The van der Waals surface area contributed by atoms with Gasteiger partial charge in [0.25, 0.3) is 0 Å². The number of nitrogens with two attached hydrogens (primary N) is 1. The Hall–Kier alpha value is -3.73. The molecule has 3 rings (SSSR count). The number of likely N-dealkylation sites (tertiary alicyclic amines) is 1. The Morgan fingerprint density at radius 2 is 1.89 bits per heavy atom. The number of H-pyrrole nitrogens is 1. The maximum Gasteiger partial charge on any atom is 0.326 e. The number of carbonyl (C=O) groups is 4. The second-order valence-electron chi connectivity index (χ2n) is 9.40. The number of nitrogens with one attached hydrogen (secondary N) is 3. The van der Waals surface area contributed by atoms with Crippen LogP contribution in [0.25, 0.3) is 0 Å². The SMILES string of the molecule is CC(C)C(NC(=O)C1CCCN1C(=O)C(N)Cc1ccccc1)C(=O)NC(Cc1cnc[nH]1)C(=O)O. The number of carboxylic acid groups (broad SMARTS) is 1. The van der Waals surface area contributed by atoms with Gasteiger partial charge in [0.2, 0.25) is 17.7 Å². The molecule has 0 spiro atoms. The highest BCUT2D eigenvalue weighted by Gasteiger charge is 2.38. The molecule has 1 fully saturated rings. The van der Waals surface area contributed by atoms with Gasteiger partial charge >= 0.3 is 5.97 Å². The molecule has 1 saturated heterocycles. The number of aromatic nitrogens is 2. The van der Waals surface area contributed by atoms with Gasteiger partial charge in [-0.3, -0.25) is 14.4 Å². The molecule has 1 aliphatic heterocycles. The van der Waals surface area contributed by atoms with Crippen LogP contribution in [0.15, 0.2) is 42.9 Å². The summed E-state index contributed by atoms with van der Waals surface area (Å²) in [5.74, 6) is -2.90. The standard InChI is InChI=1S/C25H34N6O5/c1-15(2)21(23(33)29-19(25(35)36)12-17-13-27-14-28-17)30-22(32)20-9-6-10-31(20)24(34)18(26)11-16-7-4-3-5-8-16/h3-5,7-8,13-15,18-21H,6,9-12,26H2,1-2H3,(H,27,28)(H,29,33)(H,30,32)(H,35,36). The number of benzene rings is 1. The molecule has 0 radical (unpaired) electrons. The van der Waals surface area contributed by atoms with Crippen molar-refractivity contribution in [2.24, 2.45) is 11.7 Å². The van der Waals surface area contributed by atoms with Gasteiger partial charge in [-0.1, -0.05) is 44.2 Å². The molecule has 0 saturated carbocycles. The molecule has 4 unspecified atom stereocenters. The molecule has 4 atom stereocenters. The highest BCUT2D eigenvalue weighted by Crippen LogP contribution is 2.20. The lowest BCUT2D eigenvalue weighted by atomic mass is 10.0. The van der Waals surface area contributed by atoms with E-state index in [4.69, 9.17) is 5.73 Å². The summed E-state index contributed by atoms with van der Waals surface area (Å²) < 4.78 is 0. The molecule has 11 nitrogen and oxygen atoms in total. The molecule has 1 aromatic carbocycles. The third-order valence-corrected chi connectivity index (χ3v) is 6.29. The van der Waals surface area contributed by atoms with Gasteiger partial charge in [-0.25, -0.2) is 9.78 Å². The lowest BCUT2D eigenvalue weighted by Gasteiger charge is -2.29. The van der Waals surface area contributed by atoms with Crippen LogP contribution in [0.2, 0.25) is 0 Å². The second kappa shape index (κ2) is 12.3. The number of aliphatic carboxylic acids is 1. The third-order valence-electron chi connectivity index (χ3n) is 6.29. The number of carboxylic acids is 1. The van der Waals surface area contributed by atoms with Crippen molar-refractivity contribution in [3.8, 4) is 0 Å². The Balaban J connectivity index is 1.64. The first-order valence-electron chi connectivity index (χ1n) is 12.1. The molecule has 0 bridgehead atoms. The average molecular weight is 499 g/mol. The van der Waals surface area contributed by atoms with E-state index in [-0.39, 0.29) is 18.2 Å². The maximum absolute atomic E-state index is 13.2. The molecule has 6 N–H and O–H groups in total. The van der Waals surface area contributed by atoms with Crippen LogP contribution < -0.4 is 16.4 Å². The molecule has 194 valence electrons. The van der Waals surface area contributed by atoms with Crippen molar-refractivity contribution in [2.75, 3.05) is 6.54 Å². The zero-order valence-corrected chi connectivity index (χ0v) is 20.5. The Bertz CT molecular complexity index is 1040. The van der Waals surface area contributed by atoms with E-state index in [1.165, 1.54) is 17.4 Å². The predicted molar refractivity (Wildman–Crippen MR) is 131 cm³/mol. The molecule has 1 aromatic heterocycles. The summed E-state index contributed by atoms with van der Waals surface area (Å²) in [6, 6.07) is 5.72. The van der Waals surface area contributed by atoms with E-state index in [1.807, 2.05) is 30.3 Å². The van der Waals surface area contributed by atoms with E-state index in [9.17, 15) is 24.3 Å². The Morgan fingerprint density at radius 3 is 2.50 bits per heavy atom. The number of imidazole rings is 1. The van der Waals surface area contributed by atoms with Crippen LogP contribution in [0.4, 0.5) is 0 Å². The molecule has 3 amide bonds. The smallest absolute Gasteiger partial charge is 0.326 e. The fourth-order valence-corrected chi connectivity index (χ4v) is 4.33. The Kier molecular flexibility index (Phi) is 9.18. The number of rotatable bonds is 11. The van der Waals surface area contributed by atoms with E-state index in [0.29, 0.717) is 31.5 Å². The summed E-state index contributed by atoms with van der Waals surface area (Å²) in [6.45, 7) is 3.91. The Labute approximate surface area is 209 Å². The van der Waals surface area contributed by atoms with E-state index >= 15 is 0 Å². The van der Waals surface area contributed by atoms with Crippen LogP contribution >= 0.6 is 0 Å². The van der Waals surface area contributed by atoms with Crippen LogP contribution in [0.3, 0.4) is 0 Å². The van der Waals surface area contributed by atoms with Gasteiger partial charge in [-0.2, -0.15) is 0 Å². The summed E-state index contributed by atoms with van der Waals surface area (Å²) in [4.78, 5) is 59.1. The Morgan fingerprint density at radius 1 is 1.17 bits per heavy atom. The fourth-order valence-electron chi connectivity index (χ4n) is 4.33. The van der Waals surface area contributed by atoms with E-state index in [2.05, 4.69) is 20.6 Å². The maximum atomic E-state index is 13.2. The molecular weight excluding hydrogens is 464 g/mol. The normalized spacial score (nSPS) is 17.9. The van der Waals surface area contributed by atoms with Crippen LogP contribution in [-0.2, 0) is 32.0 Å². The summed E-state index contributed by atoms with van der Waals surface area (Å²) in [6.07, 6.45) is 4.38. The van der Waals surface area contributed by atoms with E-state index < -0.39 is 42.0 Å². The first kappa shape index (κ1) is 26.9. The number of hydrogen-bond donors (Lipinski definition) is 5. The average Bonchev–Trinajstić information content (AvgIpc) is 3.54. The summed E-state index contributed by atoms with van der Waals surface area (Å²) in [5.41, 5.74) is 7.66. The van der Waals surface area contributed by atoms with E-state index in [1.54, 1.807) is 13.8 Å². The van der Waals surface area contributed by atoms with Gasteiger partial charge in [0.15, 0.2) is 0 Å². The van der Waals surface area contributed by atoms with Gasteiger partial charge < -0.3 is 31.4 Å². The number of amides is 3. The zero-order valence-electron chi connectivity index (χ0n) is 20.5. The van der Waals surface area contributed by atoms with Crippen LogP contribution in [0.1, 0.15) is 37.9 Å². The van der Waals surface area contributed by atoms with Gasteiger partial charge in [0.05, 0.1) is 12.4 Å². The number of aromatic amines is 1. The van der Waals surface area contributed by atoms with Gasteiger partial charge in [-0.15, -0.1) is 0 Å². The molecular formula is C25H34N6O5. The number of hydrogen-bond acceptors (Lipinski definition) is 6. The highest BCUT2D eigenvalue weighted by molar-refractivity contribution is 5.94. The minimum Gasteiger partial charge on any atom is -0.480 e. The third kappa shape index (κ3) is 6.91. The topological polar surface area (TPSA) is 171 Å². The minimum atomic E-state index is -1.20. The molecule has 0 aliphatic carbocycles. The van der Waals surface area contributed by atoms with Crippen molar-refractivity contribution in [1.82, 2.24) is 25.5 Å². The van der Waals surface area contributed by atoms with Crippen molar-refractivity contribution in [3.05, 3.63) is 54.1 Å². The van der Waals surface area contributed by atoms with Crippen LogP contribution in [0, 0.1) is 5.92 Å². The van der Waals surface area contributed by atoms with Crippen molar-refractivity contribution in [3.63, 3.8) is 0 Å². The molecule has 36 heavy (non-hydrogen) atoms. The number of carbonyl (C=O) groups excluding carboxylic acids is 3. The summed E-state index contributed by atoms with van der Waals surface area (Å²) >= 11 is 0. The van der Waals surface area contributed by atoms with Crippen molar-refractivity contribution >= 4 is 23.7 Å². The van der Waals surface area contributed by atoms with Crippen molar-refractivity contribution in [1.29, 1.82) is 0 Å². The van der Waals surface area contributed by atoms with Gasteiger partial charge in [0.1, 0.15) is 18.1 Å². The summed E-state index contributed by atoms with van der Waals surface area (Å²) in [5, 5.41) is 14.8. The van der Waals surface area contributed by atoms with E-state index in [0.717, 1.165) is 5.56 Å².